The Hall–Kier alpha value is -1.46. The van der Waals surface area contributed by atoms with Crippen molar-refractivity contribution < 1.29 is 14.6 Å². The van der Waals surface area contributed by atoms with Crippen molar-refractivity contribution in [3.63, 3.8) is 0 Å². The van der Waals surface area contributed by atoms with Gasteiger partial charge in [-0.15, -0.1) is 11.8 Å². The monoisotopic (exact) mass is 366 g/mol. The van der Waals surface area contributed by atoms with Crippen molar-refractivity contribution in [2.45, 2.75) is 11.3 Å². The van der Waals surface area contributed by atoms with Gasteiger partial charge in [0.1, 0.15) is 5.75 Å². The number of halogens is 1. The molecule has 0 radical (unpaired) electrons. The molecule has 0 aliphatic heterocycles. The molecule has 2 rings (SSSR count). The van der Waals surface area contributed by atoms with Gasteiger partial charge in [0, 0.05) is 15.1 Å². The van der Waals surface area contributed by atoms with Crippen LogP contribution >= 0.6 is 27.7 Å². The number of carbonyl (C=O) groups is 1. The number of carboxylic acids is 1. The summed E-state index contributed by atoms with van der Waals surface area (Å²) in [5.41, 5.74) is 0.247. The zero-order chi connectivity index (χ0) is 15.1. The minimum Gasteiger partial charge on any atom is -0.494 e. The third kappa shape index (κ3) is 5.44. The summed E-state index contributed by atoms with van der Waals surface area (Å²) in [4.78, 5) is 12.1. The number of ether oxygens (including phenoxy) is 1. The standard InChI is InChI=1S/C16H15BrO3S/c17-13-5-7-15(8-6-13)21-10-2-9-20-14-4-1-3-12(11-14)16(18)19/h1,3-8,11H,2,9-10H2,(H,18,19). The Balaban J connectivity index is 1.71. The molecule has 2 aromatic carbocycles. The van der Waals surface area contributed by atoms with E-state index in [0.717, 1.165) is 16.6 Å². The molecule has 0 amide bonds. The average molecular weight is 367 g/mol. The molecule has 5 heteroatoms. The van der Waals surface area contributed by atoms with Crippen molar-refractivity contribution in [3.05, 3.63) is 58.6 Å². The minimum atomic E-state index is -0.939. The van der Waals surface area contributed by atoms with Gasteiger partial charge in [-0.25, -0.2) is 4.79 Å². The largest absolute Gasteiger partial charge is 0.494 e. The molecule has 0 aliphatic carbocycles. The average Bonchev–Trinajstić information content (AvgIpc) is 2.49. The Morgan fingerprint density at radius 3 is 2.67 bits per heavy atom. The molecule has 21 heavy (non-hydrogen) atoms. The molecule has 0 atom stereocenters. The van der Waals surface area contributed by atoms with E-state index in [-0.39, 0.29) is 5.56 Å². The van der Waals surface area contributed by atoms with Crippen molar-refractivity contribution in [2.24, 2.45) is 0 Å². The Labute approximate surface area is 136 Å². The van der Waals surface area contributed by atoms with Crippen LogP contribution in [0.4, 0.5) is 0 Å². The van der Waals surface area contributed by atoms with Crippen LogP contribution < -0.4 is 4.74 Å². The maximum Gasteiger partial charge on any atom is 0.335 e. The number of benzene rings is 2. The van der Waals surface area contributed by atoms with Crippen LogP contribution in [0, 0.1) is 0 Å². The highest BCUT2D eigenvalue weighted by molar-refractivity contribution is 9.10. The van der Waals surface area contributed by atoms with Crippen molar-refractivity contribution in [1.29, 1.82) is 0 Å². The highest BCUT2D eigenvalue weighted by Crippen LogP contribution is 2.21. The van der Waals surface area contributed by atoms with E-state index < -0.39 is 5.97 Å². The van der Waals surface area contributed by atoms with Gasteiger partial charge in [0.2, 0.25) is 0 Å². The zero-order valence-electron chi connectivity index (χ0n) is 11.3. The predicted octanol–water partition coefficient (Wildman–Crippen LogP) is 4.71. The second-order valence-corrected chi connectivity index (χ2v) is 6.42. The Kier molecular flexibility index (Phi) is 6.14. The van der Waals surface area contributed by atoms with Crippen molar-refractivity contribution in [1.82, 2.24) is 0 Å². The number of aromatic carboxylic acids is 1. The van der Waals surface area contributed by atoms with Gasteiger partial charge >= 0.3 is 5.97 Å². The topological polar surface area (TPSA) is 46.5 Å². The summed E-state index contributed by atoms with van der Waals surface area (Å²) in [5, 5.41) is 8.90. The first-order valence-electron chi connectivity index (χ1n) is 6.50. The number of hydrogen-bond donors (Lipinski definition) is 1. The van der Waals surface area contributed by atoms with Crippen LogP contribution in [0.5, 0.6) is 5.75 Å². The van der Waals surface area contributed by atoms with E-state index in [1.807, 2.05) is 12.1 Å². The second-order valence-electron chi connectivity index (χ2n) is 4.34. The molecule has 1 N–H and O–H groups in total. The van der Waals surface area contributed by atoms with Crippen LogP contribution in [0.1, 0.15) is 16.8 Å². The van der Waals surface area contributed by atoms with E-state index in [1.165, 1.54) is 4.90 Å². The van der Waals surface area contributed by atoms with Gasteiger partial charge in [-0.3, -0.25) is 0 Å². The van der Waals surface area contributed by atoms with Gasteiger partial charge in [-0.2, -0.15) is 0 Å². The first-order valence-corrected chi connectivity index (χ1v) is 8.27. The summed E-state index contributed by atoms with van der Waals surface area (Å²) in [6, 6.07) is 14.8. The summed E-state index contributed by atoms with van der Waals surface area (Å²) in [5.74, 6) is 0.620. The first-order chi connectivity index (χ1) is 10.1. The lowest BCUT2D eigenvalue weighted by atomic mass is 10.2. The minimum absolute atomic E-state index is 0.247. The molecule has 0 saturated carbocycles. The van der Waals surface area contributed by atoms with Crippen LogP contribution in [0.2, 0.25) is 0 Å². The molecule has 2 aromatic rings. The van der Waals surface area contributed by atoms with E-state index >= 15 is 0 Å². The van der Waals surface area contributed by atoms with Crippen LogP contribution in [-0.2, 0) is 0 Å². The molecular weight excluding hydrogens is 352 g/mol. The van der Waals surface area contributed by atoms with Gasteiger partial charge in [0.05, 0.1) is 12.2 Å². The van der Waals surface area contributed by atoms with Gasteiger partial charge in [-0.05, 0) is 48.9 Å². The normalized spacial score (nSPS) is 10.3. The molecule has 0 saturated heterocycles. The number of carboxylic acid groups (broad SMARTS) is 1. The van der Waals surface area contributed by atoms with E-state index in [1.54, 1.807) is 36.0 Å². The maximum atomic E-state index is 10.8. The summed E-state index contributed by atoms with van der Waals surface area (Å²) in [6.07, 6.45) is 0.901. The Morgan fingerprint density at radius 1 is 1.19 bits per heavy atom. The Bertz CT molecular complexity index is 599. The summed E-state index contributed by atoms with van der Waals surface area (Å²) < 4.78 is 6.65. The lowest BCUT2D eigenvalue weighted by molar-refractivity contribution is 0.0696. The predicted molar refractivity (Wildman–Crippen MR) is 88.4 cm³/mol. The maximum absolute atomic E-state index is 10.8. The summed E-state index contributed by atoms with van der Waals surface area (Å²) >= 11 is 5.19. The molecule has 3 nitrogen and oxygen atoms in total. The van der Waals surface area contributed by atoms with Crippen molar-refractivity contribution in [3.8, 4) is 5.75 Å². The smallest absolute Gasteiger partial charge is 0.335 e. The molecule has 0 heterocycles. The SMILES string of the molecule is O=C(O)c1cccc(OCCCSc2ccc(Br)cc2)c1. The fourth-order valence-electron chi connectivity index (χ4n) is 1.69. The third-order valence-electron chi connectivity index (χ3n) is 2.72. The fraction of sp³-hybridized carbons (Fsp3) is 0.188. The number of hydrogen-bond acceptors (Lipinski definition) is 3. The van der Waals surface area contributed by atoms with Crippen LogP contribution in [0.25, 0.3) is 0 Å². The van der Waals surface area contributed by atoms with Gasteiger partial charge in [0.15, 0.2) is 0 Å². The number of rotatable bonds is 7. The third-order valence-corrected chi connectivity index (χ3v) is 4.35. The second kappa shape index (κ2) is 8.10. The van der Waals surface area contributed by atoms with Crippen LogP contribution in [0.15, 0.2) is 57.9 Å². The van der Waals surface area contributed by atoms with Gasteiger partial charge < -0.3 is 9.84 Å². The highest BCUT2D eigenvalue weighted by Gasteiger charge is 2.03. The van der Waals surface area contributed by atoms with Crippen LogP contribution in [0.3, 0.4) is 0 Å². The van der Waals surface area contributed by atoms with Gasteiger partial charge in [0.25, 0.3) is 0 Å². The molecule has 0 spiro atoms. The van der Waals surface area contributed by atoms with E-state index in [4.69, 9.17) is 9.84 Å². The van der Waals surface area contributed by atoms with E-state index in [9.17, 15) is 4.79 Å². The summed E-state index contributed by atoms with van der Waals surface area (Å²) in [6.45, 7) is 0.576. The van der Waals surface area contributed by atoms with E-state index in [2.05, 4.69) is 28.1 Å². The molecule has 110 valence electrons. The molecule has 0 aromatic heterocycles. The Morgan fingerprint density at radius 2 is 1.95 bits per heavy atom. The molecule has 0 aliphatic rings. The quantitative estimate of drug-likeness (QED) is 0.569. The molecule has 0 fully saturated rings. The molecule has 0 unspecified atom stereocenters. The van der Waals surface area contributed by atoms with E-state index in [0.29, 0.717) is 12.4 Å². The van der Waals surface area contributed by atoms with Gasteiger partial charge in [-0.1, -0.05) is 22.0 Å². The highest BCUT2D eigenvalue weighted by atomic mass is 79.9. The summed E-state index contributed by atoms with van der Waals surface area (Å²) in [7, 11) is 0. The first kappa shape index (κ1) is 15.9. The van der Waals surface area contributed by atoms with Crippen molar-refractivity contribution in [2.75, 3.05) is 12.4 Å². The van der Waals surface area contributed by atoms with Crippen molar-refractivity contribution >= 4 is 33.7 Å². The van der Waals surface area contributed by atoms with Crippen LogP contribution in [-0.4, -0.2) is 23.4 Å². The molecular formula is C16H15BrO3S. The lowest BCUT2D eigenvalue weighted by Gasteiger charge is -2.07. The molecule has 0 bridgehead atoms. The zero-order valence-corrected chi connectivity index (χ0v) is 13.7. The lowest BCUT2D eigenvalue weighted by Crippen LogP contribution is -2.01. The fourth-order valence-corrected chi connectivity index (χ4v) is 2.78. The number of thioether (sulfide) groups is 1.